The van der Waals surface area contributed by atoms with Crippen LogP contribution in [-0.2, 0) is 11.3 Å². The van der Waals surface area contributed by atoms with E-state index in [0.29, 0.717) is 22.0 Å². The van der Waals surface area contributed by atoms with Crippen molar-refractivity contribution in [3.8, 4) is 5.69 Å². The normalized spacial score (nSPS) is 10.9. The Morgan fingerprint density at radius 2 is 2.07 bits per heavy atom. The Morgan fingerprint density at radius 3 is 2.86 bits per heavy atom. The fourth-order valence-corrected chi connectivity index (χ4v) is 3.37. The molecule has 28 heavy (non-hydrogen) atoms. The number of tetrazole rings is 1. The van der Waals surface area contributed by atoms with Crippen LogP contribution in [0.3, 0.4) is 0 Å². The zero-order valence-corrected chi connectivity index (χ0v) is 16.3. The van der Waals surface area contributed by atoms with Crippen molar-refractivity contribution in [1.82, 2.24) is 25.2 Å². The van der Waals surface area contributed by atoms with Crippen molar-refractivity contribution in [2.24, 2.45) is 0 Å². The monoisotopic (exact) mass is 411 g/mol. The van der Waals surface area contributed by atoms with Gasteiger partial charge in [-0.25, -0.2) is 9.78 Å². The zero-order valence-electron chi connectivity index (χ0n) is 14.7. The predicted molar refractivity (Wildman–Crippen MR) is 107 cm³/mol. The van der Waals surface area contributed by atoms with Gasteiger partial charge >= 0.3 is 5.97 Å². The summed E-state index contributed by atoms with van der Waals surface area (Å²) in [6.07, 6.45) is 3.42. The molecule has 0 amide bonds. The van der Waals surface area contributed by atoms with Gasteiger partial charge in [0, 0.05) is 15.8 Å². The highest BCUT2D eigenvalue weighted by atomic mass is 35.5. The summed E-state index contributed by atoms with van der Waals surface area (Å²) in [5, 5.41) is 12.3. The quantitative estimate of drug-likeness (QED) is 0.279. The topological polar surface area (TPSA) is 82.8 Å². The van der Waals surface area contributed by atoms with Crippen LogP contribution in [0.25, 0.3) is 16.6 Å². The Labute approximate surface area is 169 Å². The SMILES string of the molecule is CSc1ccc2cc(COC(=O)c3ccccc3-n3cnnn3)c(Cl)nc2c1. The van der Waals surface area contributed by atoms with Crippen LogP contribution in [0, 0.1) is 0 Å². The van der Waals surface area contributed by atoms with Crippen molar-refractivity contribution < 1.29 is 9.53 Å². The van der Waals surface area contributed by atoms with E-state index in [9.17, 15) is 4.79 Å². The van der Waals surface area contributed by atoms with Crippen LogP contribution in [0.15, 0.2) is 59.8 Å². The van der Waals surface area contributed by atoms with Crippen molar-refractivity contribution >= 4 is 40.2 Å². The second-order valence-corrected chi connectivity index (χ2v) is 7.08. The predicted octanol–water partition coefficient (Wildman–Crippen LogP) is 3.94. The number of ether oxygens (including phenoxy) is 1. The molecule has 0 unspecified atom stereocenters. The molecule has 0 radical (unpaired) electrons. The molecule has 0 atom stereocenters. The number of carbonyl (C=O) groups excluding carboxylic acids is 1. The second kappa shape index (κ2) is 7.95. The fourth-order valence-electron chi connectivity index (χ4n) is 2.73. The van der Waals surface area contributed by atoms with Gasteiger partial charge in [-0.15, -0.1) is 16.9 Å². The molecule has 0 spiro atoms. The first kappa shape index (κ1) is 18.4. The molecule has 9 heteroatoms. The van der Waals surface area contributed by atoms with Gasteiger partial charge in [-0.1, -0.05) is 29.8 Å². The number of carbonyl (C=O) groups is 1. The summed E-state index contributed by atoms with van der Waals surface area (Å²) in [6.45, 7) is 0.00876. The van der Waals surface area contributed by atoms with E-state index in [4.69, 9.17) is 16.3 Å². The maximum Gasteiger partial charge on any atom is 0.340 e. The lowest BCUT2D eigenvalue weighted by atomic mass is 10.1. The summed E-state index contributed by atoms with van der Waals surface area (Å²) in [5.41, 5.74) is 2.32. The first-order valence-corrected chi connectivity index (χ1v) is 9.88. The molecule has 0 saturated heterocycles. The highest BCUT2D eigenvalue weighted by Crippen LogP contribution is 2.25. The van der Waals surface area contributed by atoms with Crippen LogP contribution >= 0.6 is 23.4 Å². The summed E-state index contributed by atoms with van der Waals surface area (Å²) < 4.78 is 6.89. The molecule has 0 aliphatic heterocycles. The van der Waals surface area contributed by atoms with Gasteiger partial charge < -0.3 is 4.74 Å². The number of thioether (sulfide) groups is 1. The first-order chi connectivity index (χ1) is 13.7. The van der Waals surface area contributed by atoms with E-state index in [1.54, 1.807) is 36.0 Å². The molecule has 140 valence electrons. The summed E-state index contributed by atoms with van der Waals surface area (Å²) in [5.74, 6) is -0.500. The number of benzene rings is 2. The average molecular weight is 412 g/mol. The third-order valence-corrected chi connectivity index (χ3v) is 5.18. The number of halogens is 1. The lowest BCUT2D eigenvalue weighted by Gasteiger charge is -2.10. The molecule has 2 aromatic carbocycles. The van der Waals surface area contributed by atoms with Crippen molar-refractivity contribution in [1.29, 1.82) is 0 Å². The number of para-hydroxylation sites is 1. The smallest absolute Gasteiger partial charge is 0.340 e. The molecule has 0 bridgehead atoms. The molecule has 4 aromatic rings. The highest BCUT2D eigenvalue weighted by Gasteiger charge is 2.16. The van der Waals surface area contributed by atoms with Gasteiger partial charge in [0.25, 0.3) is 0 Å². The van der Waals surface area contributed by atoms with Crippen LogP contribution in [-0.4, -0.2) is 37.4 Å². The third-order valence-electron chi connectivity index (χ3n) is 4.13. The second-order valence-electron chi connectivity index (χ2n) is 5.84. The van der Waals surface area contributed by atoms with Gasteiger partial charge in [0.2, 0.25) is 0 Å². The Morgan fingerprint density at radius 1 is 1.21 bits per heavy atom. The number of hydrogen-bond donors (Lipinski definition) is 0. The van der Waals surface area contributed by atoms with E-state index < -0.39 is 5.97 Å². The minimum Gasteiger partial charge on any atom is -0.457 e. The van der Waals surface area contributed by atoms with Crippen LogP contribution in [0.2, 0.25) is 5.15 Å². The Balaban J connectivity index is 1.57. The fraction of sp³-hybridized carbons (Fsp3) is 0.105. The molecule has 0 saturated carbocycles. The zero-order chi connectivity index (χ0) is 19.5. The average Bonchev–Trinajstić information content (AvgIpc) is 3.26. The summed E-state index contributed by atoms with van der Waals surface area (Å²) in [7, 11) is 0. The number of nitrogens with zero attached hydrogens (tertiary/aromatic N) is 5. The molecule has 0 aliphatic rings. The molecule has 0 N–H and O–H groups in total. The minimum absolute atomic E-state index is 0.00876. The molecule has 0 fully saturated rings. The number of rotatable bonds is 5. The van der Waals surface area contributed by atoms with Gasteiger partial charge in [0.1, 0.15) is 18.1 Å². The number of fused-ring (bicyclic) bond motifs is 1. The molecular formula is C19H14ClN5O2S. The Kier molecular flexibility index (Phi) is 5.23. The maximum absolute atomic E-state index is 12.6. The molecule has 2 aromatic heterocycles. The van der Waals surface area contributed by atoms with E-state index in [0.717, 1.165) is 15.8 Å². The van der Waals surface area contributed by atoms with Gasteiger partial charge in [0.05, 0.1) is 16.8 Å². The van der Waals surface area contributed by atoms with Crippen molar-refractivity contribution in [2.75, 3.05) is 6.26 Å². The number of hydrogen-bond acceptors (Lipinski definition) is 7. The van der Waals surface area contributed by atoms with Crippen molar-refractivity contribution in [3.63, 3.8) is 0 Å². The van der Waals surface area contributed by atoms with Crippen LogP contribution in [0.4, 0.5) is 0 Å². The van der Waals surface area contributed by atoms with Gasteiger partial charge in [0.15, 0.2) is 0 Å². The molecule has 7 nitrogen and oxygen atoms in total. The molecule has 4 rings (SSSR count). The van der Waals surface area contributed by atoms with Crippen LogP contribution < -0.4 is 0 Å². The van der Waals surface area contributed by atoms with Gasteiger partial charge in [-0.3, -0.25) is 0 Å². The number of aromatic nitrogens is 5. The summed E-state index contributed by atoms with van der Waals surface area (Å²) in [6, 6.07) is 14.8. The van der Waals surface area contributed by atoms with E-state index in [2.05, 4.69) is 20.5 Å². The lowest BCUT2D eigenvalue weighted by Crippen LogP contribution is -2.10. The van der Waals surface area contributed by atoms with Crippen molar-refractivity contribution in [3.05, 3.63) is 71.1 Å². The largest absolute Gasteiger partial charge is 0.457 e. The van der Waals surface area contributed by atoms with Crippen molar-refractivity contribution in [2.45, 2.75) is 11.5 Å². The standard InChI is InChI=1S/C19H14ClN5O2S/c1-28-14-7-6-12-8-13(18(20)22-16(12)9-14)10-27-19(26)15-4-2-3-5-17(15)25-11-21-23-24-25/h2-9,11H,10H2,1H3. The van der Waals surface area contributed by atoms with Gasteiger partial charge in [-0.2, -0.15) is 4.68 Å². The summed E-state index contributed by atoms with van der Waals surface area (Å²) in [4.78, 5) is 18.2. The maximum atomic E-state index is 12.6. The van der Waals surface area contributed by atoms with Crippen LogP contribution in [0.5, 0.6) is 0 Å². The molecular weight excluding hydrogens is 398 g/mol. The minimum atomic E-state index is -0.500. The Hall–Kier alpha value is -2.97. The third kappa shape index (κ3) is 3.69. The lowest BCUT2D eigenvalue weighted by molar-refractivity contribution is 0.0472. The van der Waals surface area contributed by atoms with Crippen LogP contribution in [0.1, 0.15) is 15.9 Å². The highest BCUT2D eigenvalue weighted by molar-refractivity contribution is 7.98. The van der Waals surface area contributed by atoms with E-state index in [-0.39, 0.29) is 6.61 Å². The first-order valence-electron chi connectivity index (χ1n) is 8.28. The number of pyridine rings is 1. The Bertz CT molecular complexity index is 1150. The molecule has 2 heterocycles. The van der Waals surface area contributed by atoms with E-state index in [1.165, 1.54) is 11.0 Å². The van der Waals surface area contributed by atoms with Gasteiger partial charge in [-0.05, 0) is 47.0 Å². The van der Waals surface area contributed by atoms with E-state index >= 15 is 0 Å². The molecule has 0 aliphatic carbocycles. The number of esters is 1. The summed E-state index contributed by atoms with van der Waals surface area (Å²) >= 11 is 7.94. The van der Waals surface area contributed by atoms with E-state index in [1.807, 2.05) is 30.5 Å².